The zero-order chi connectivity index (χ0) is 11.4. The maximum Gasteiger partial charge on any atom is 0.222 e. The standard InChI is InChI=1S/C11H17N3O2/c1-8-9(3-4-16-8)5-12-11-13-6-10(15-2)7-14-11/h6-9H,3-5H2,1-2H3,(H,12,13,14). The predicted molar refractivity (Wildman–Crippen MR) is 60.6 cm³/mol. The molecule has 0 radical (unpaired) electrons. The lowest BCUT2D eigenvalue weighted by Crippen LogP contribution is -2.21. The lowest BCUT2D eigenvalue weighted by Gasteiger charge is -2.14. The fraction of sp³-hybridized carbons (Fsp3) is 0.636. The van der Waals surface area contributed by atoms with Crippen LogP contribution in [0.25, 0.3) is 0 Å². The first-order valence-corrected chi connectivity index (χ1v) is 5.51. The minimum atomic E-state index is 0.325. The zero-order valence-corrected chi connectivity index (χ0v) is 9.64. The quantitative estimate of drug-likeness (QED) is 0.834. The van der Waals surface area contributed by atoms with E-state index in [1.54, 1.807) is 19.5 Å². The summed E-state index contributed by atoms with van der Waals surface area (Å²) < 4.78 is 10.5. The van der Waals surface area contributed by atoms with Crippen molar-refractivity contribution in [2.45, 2.75) is 19.4 Å². The summed E-state index contributed by atoms with van der Waals surface area (Å²) in [5.41, 5.74) is 0. The Kier molecular flexibility index (Phi) is 3.56. The number of anilines is 1. The third-order valence-electron chi connectivity index (χ3n) is 2.92. The molecule has 0 saturated carbocycles. The van der Waals surface area contributed by atoms with Crippen LogP contribution >= 0.6 is 0 Å². The Labute approximate surface area is 95.2 Å². The highest BCUT2D eigenvalue weighted by molar-refractivity contribution is 5.27. The van der Waals surface area contributed by atoms with Gasteiger partial charge in [-0.1, -0.05) is 0 Å². The van der Waals surface area contributed by atoms with Crippen LogP contribution in [0.3, 0.4) is 0 Å². The molecule has 1 saturated heterocycles. The average Bonchev–Trinajstić information content (AvgIpc) is 2.73. The Morgan fingerprint density at radius 1 is 1.50 bits per heavy atom. The van der Waals surface area contributed by atoms with Crippen molar-refractivity contribution in [2.24, 2.45) is 5.92 Å². The highest BCUT2D eigenvalue weighted by Crippen LogP contribution is 2.20. The summed E-state index contributed by atoms with van der Waals surface area (Å²) in [5, 5.41) is 3.21. The summed E-state index contributed by atoms with van der Waals surface area (Å²) >= 11 is 0. The van der Waals surface area contributed by atoms with Gasteiger partial charge in [-0.05, 0) is 13.3 Å². The molecule has 1 aromatic heterocycles. The third-order valence-corrected chi connectivity index (χ3v) is 2.92. The van der Waals surface area contributed by atoms with E-state index in [2.05, 4.69) is 22.2 Å². The van der Waals surface area contributed by atoms with Gasteiger partial charge in [-0.3, -0.25) is 0 Å². The van der Waals surface area contributed by atoms with E-state index in [9.17, 15) is 0 Å². The molecular weight excluding hydrogens is 206 g/mol. The van der Waals surface area contributed by atoms with Gasteiger partial charge in [0.2, 0.25) is 5.95 Å². The molecule has 0 spiro atoms. The van der Waals surface area contributed by atoms with E-state index >= 15 is 0 Å². The number of nitrogens with one attached hydrogen (secondary N) is 1. The first-order chi connectivity index (χ1) is 7.79. The number of aromatic nitrogens is 2. The molecule has 2 unspecified atom stereocenters. The molecule has 88 valence electrons. The molecule has 0 aromatic carbocycles. The second-order valence-corrected chi connectivity index (χ2v) is 3.95. The minimum Gasteiger partial charge on any atom is -0.494 e. The minimum absolute atomic E-state index is 0.325. The van der Waals surface area contributed by atoms with E-state index in [1.165, 1.54) is 0 Å². The van der Waals surface area contributed by atoms with Crippen molar-refractivity contribution in [1.82, 2.24) is 9.97 Å². The van der Waals surface area contributed by atoms with Gasteiger partial charge in [-0.2, -0.15) is 0 Å². The van der Waals surface area contributed by atoms with Crippen LogP contribution in [0.2, 0.25) is 0 Å². The highest BCUT2D eigenvalue weighted by atomic mass is 16.5. The fourth-order valence-corrected chi connectivity index (χ4v) is 1.78. The number of rotatable bonds is 4. The van der Waals surface area contributed by atoms with Crippen molar-refractivity contribution >= 4 is 5.95 Å². The van der Waals surface area contributed by atoms with Crippen LogP contribution < -0.4 is 10.1 Å². The van der Waals surface area contributed by atoms with E-state index in [1.807, 2.05) is 0 Å². The van der Waals surface area contributed by atoms with E-state index in [4.69, 9.17) is 9.47 Å². The maximum atomic E-state index is 5.49. The number of hydrogen-bond donors (Lipinski definition) is 1. The molecule has 2 atom stereocenters. The van der Waals surface area contributed by atoms with Gasteiger partial charge in [0.25, 0.3) is 0 Å². The predicted octanol–water partition coefficient (Wildman–Crippen LogP) is 1.32. The van der Waals surface area contributed by atoms with Crippen LogP contribution in [0.15, 0.2) is 12.4 Å². The maximum absolute atomic E-state index is 5.49. The van der Waals surface area contributed by atoms with Gasteiger partial charge in [0.15, 0.2) is 5.75 Å². The lowest BCUT2D eigenvalue weighted by molar-refractivity contribution is 0.108. The summed E-state index contributed by atoms with van der Waals surface area (Å²) in [7, 11) is 1.60. The summed E-state index contributed by atoms with van der Waals surface area (Å²) in [6.45, 7) is 3.82. The second-order valence-electron chi connectivity index (χ2n) is 3.95. The van der Waals surface area contributed by atoms with E-state index in [0.717, 1.165) is 19.6 Å². The van der Waals surface area contributed by atoms with Crippen molar-refractivity contribution in [3.8, 4) is 5.75 Å². The monoisotopic (exact) mass is 223 g/mol. The zero-order valence-electron chi connectivity index (χ0n) is 9.64. The molecule has 1 aliphatic rings. The normalized spacial score (nSPS) is 24.4. The largest absolute Gasteiger partial charge is 0.494 e. The Morgan fingerprint density at radius 2 is 2.25 bits per heavy atom. The number of methoxy groups -OCH3 is 1. The van der Waals surface area contributed by atoms with Gasteiger partial charge in [0.05, 0.1) is 25.6 Å². The first kappa shape index (κ1) is 11.1. The van der Waals surface area contributed by atoms with Crippen LogP contribution in [-0.4, -0.2) is 36.3 Å². The molecule has 16 heavy (non-hydrogen) atoms. The molecule has 0 aliphatic carbocycles. The first-order valence-electron chi connectivity index (χ1n) is 5.51. The van der Waals surface area contributed by atoms with Crippen LogP contribution in [0.4, 0.5) is 5.95 Å². The molecule has 0 amide bonds. The Bertz CT molecular complexity index is 329. The Hall–Kier alpha value is -1.36. The molecule has 1 aromatic rings. The molecule has 1 aliphatic heterocycles. The van der Waals surface area contributed by atoms with Crippen LogP contribution in [-0.2, 0) is 4.74 Å². The summed E-state index contributed by atoms with van der Waals surface area (Å²) in [6, 6.07) is 0. The van der Waals surface area contributed by atoms with Crippen LogP contribution in [0, 0.1) is 5.92 Å². The lowest BCUT2D eigenvalue weighted by atomic mass is 10.0. The average molecular weight is 223 g/mol. The van der Waals surface area contributed by atoms with Crippen molar-refractivity contribution in [1.29, 1.82) is 0 Å². The van der Waals surface area contributed by atoms with E-state index in [0.29, 0.717) is 23.7 Å². The molecule has 0 bridgehead atoms. The molecule has 1 fully saturated rings. The smallest absolute Gasteiger partial charge is 0.222 e. The van der Waals surface area contributed by atoms with E-state index < -0.39 is 0 Å². The molecular formula is C11H17N3O2. The van der Waals surface area contributed by atoms with Crippen molar-refractivity contribution in [2.75, 3.05) is 25.6 Å². The molecule has 1 N–H and O–H groups in total. The van der Waals surface area contributed by atoms with Crippen molar-refractivity contribution in [3.63, 3.8) is 0 Å². The van der Waals surface area contributed by atoms with Crippen LogP contribution in [0.1, 0.15) is 13.3 Å². The molecule has 2 heterocycles. The Morgan fingerprint density at radius 3 is 2.81 bits per heavy atom. The SMILES string of the molecule is COc1cnc(NCC2CCOC2C)nc1. The number of ether oxygens (including phenoxy) is 2. The topological polar surface area (TPSA) is 56.3 Å². The highest BCUT2D eigenvalue weighted by Gasteiger charge is 2.23. The van der Waals surface area contributed by atoms with Gasteiger partial charge >= 0.3 is 0 Å². The third kappa shape index (κ3) is 2.61. The Balaban J connectivity index is 1.84. The summed E-state index contributed by atoms with van der Waals surface area (Å²) in [6.07, 6.45) is 4.74. The molecule has 2 rings (SSSR count). The van der Waals surface area contributed by atoms with Crippen molar-refractivity contribution < 1.29 is 9.47 Å². The van der Waals surface area contributed by atoms with Gasteiger partial charge in [0.1, 0.15) is 0 Å². The molecule has 5 nitrogen and oxygen atoms in total. The second kappa shape index (κ2) is 5.12. The van der Waals surface area contributed by atoms with Crippen molar-refractivity contribution in [3.05, 3.63) is 12.4 Å². The van der Waals surface area contributed by atoms with E-state index in [-0.39, 0.29) is 0 Å². The number of hydrogen-bond acceptors (Lipinski definition) is 5. The summed E-state index contributed by atoms with van der Waals surface area (Å²) in [4.78, 5) is 8.29. The molecule has 5 heteroatoms. The van der Waals surface area contributed by atoms with Gasteiger partial charge in [0, 0.05) is 19.1 Å². The van der Waals surface area contributed by atoms with Gasteiger partial charge in [-0.15, -0.1) is 0 Å². The van der Waals surface area contributed by atoms with Gasteiger partial charge in [-0.25, -0.2) is 9.97 Å². The van der Waals surface area contributed by atoms with Gasteiger partial charge < -0.3 is 14.8 Å². The number of nitrogens with zero attached hydrogens (tertiary/aromatic N) is 2. The fourth-order valence-electron chi connectivity index (χ4n) is 1.78. The van der Waals surface area contributed by atoms with Crippen LogP contribution in [0.5, 0.6) is 5.75 Å². The summed E-state index contributed by atoms with van der Waals surface area (Å²) in [5.74, 6) is 1.86.